The van der Waals surface area contributed by atoms with E-state index >= 15 is 0 Å². The lowest BCUT2D eigenvalue weighted by Crippen LogP contribution is -2.45. The fourth-order valence-electron chi connectivity index (χ4n) is 3.44. The topological polar surface area (TPSA) is 87.7 Å². The molecular weight excluding hydrogens is 433 g/mol. The quantitative estimate of drug-likeness (QED) is 0.693. The molecule has 2 atom stereocenters. The normalized spacial score (nSPS) is 19.5. The molecular formula is C23H30FN3O4S. The van der Waals surface area contributed by atoms with Crippen molar-refractivity contribution in [2.75, 3.05) is 28.0 Å². The number of benzene rings is 2. The highest BCUT2D eigenvalue weighted by atomic mass is 32.2. The molecule has 7 nitrogen and oxygen atoms in total. The molecule has 1 amide bonds. The van der Waals surface area contributed by atoms with Crippen molar-refractivity contribution < 1.29 is 22.3 Å². The number of rotatable bonds is 5. The predicted molar refractivity (Wildman–Crippen MR) is 125 cm³/mol. The van der Waals surface area contributed by atoms with Crippen LogP contribution in [-0.4, -0.2) is 44.4 Å². The van der Waals surface area contributed by atoms with Crippen molar-refractivity contribution in [2.45, 2.75) is 51.6 Å². The first-order valence-electron chi connectivity index (χ1n) is 10.5. The molecule has 0 radical (unpaired) electrons. The van der Waals surface area contributed by atoms with E-state index in [1.165, 1.54) is 36.4 Å². The van der Waals surface area contributed by atoms with Crippen LogP contribution in [0.5, 0.6) is 0 Å². The summed E-state index contributed by atoms with van der Waals surface area (Å²) in [6.07, 6.45) is -0.0371. The Kier molecular flexibility index (Phi) is 6.80. The molecule has 3 rings (SSSR count). The first kappa shape index (κ1) is 24.0. The van der Waals surface area contributed by atoms with Crippen molar-refractivity contribution in [2.24, 2.45) is 0 Å². The Morgan fingerprint density at radius 2 is 1.66 bits per heavy atom. The minimum atomic E-state index is -3.57. The minimum Gasteiger partial charge on any atom is -0.372 e. The summed E-state index contributed by atoms with van der Waals surface area (Å²) in [6, 6.07) is 10.4. The highest BCUT2D eigenvalue weighted by Gasteiger charge is 2.29. The number of carbonyl (C=O) groups is 1. The third kappa shape index (κ3) is 5.58. The number of morpholine rings is 1. The number of ether oxygens (including phenoxy) is 1. The number of carbonyl (C=O) groups excluding carboxylic acids is 1. The summed E-state index contributed by atoms with van der Waals surface area (Å²) < 4.78 is 45.9. The van der Waals surface area contributed by atoms with E-state index in [0.29, 0.717) is 35.7 Å². The molecule has 1 fully saturated rings. The van der Waals surface area contributed by atoms with Gasteiger partial charge in [0.15, 0.2) is 0 Å². The number of anilines is 3. The lowest BCUT2D eigenvalue weighted by molar-refractivity contribution is -0.00519. The number of sulfonamides is 1. The number of nitrogens with one attached hydrogen (secondary N) is 2. The zero-order valence-corrected chi connectivity index (χ0v) is 19.8. The monoisotopic (exact) mass is 463 g/mol. The standard InChI is InChI=1S/C23H30FN3O4S/c1-15-13-27(14-16(2)31-15)21-12-18(24)8-11-20(21)25-22(28)17-6-9-19(10-7-17)26-32(29,30)23(3,4)5/h6-12,15-16,26H,13-14H2,1-5H3,(H,25,28). The molecule has 1 heterocycles. The Hall–Kier alpha value is -2.65. The van der Waals surface area contributed by atoms with Crippen molar-refractivity contribution in [1.29, 1.82) is 0 Å². The summed E-state index contributed by atoms with van der Waals surface area (Å²) in [5, 5.41) is 2.85. The second-order valence-electron chi connectivity index (χ2n) is 9.07. The molecule has 32 heavy (non-hydrogen) atoms. The largest absolute Gasteiger partial charge is 0.372 e. The van der Waals surface area contributed by atoms with Gasteiger partial charge in [0, 0.05) is 24.3 Å². The second kappa shape index (κ2) is 9.07. The maximum atomic E-state index is 14.0. The van der Waals surface area contributed by atoms with Crippen molar-refractivity contribution in [3.8, 4) is 0 Å². The second-order valence-corrected chi connectivity index (χ2v) is 11.5. The maximum absolute atomic E-state index is 14.0. The van der Waals surface area contributed by atoms with E-state index in [4.69, 9.17) is 4.74 Å². The Morgan fingerprint density at radius 1 is 1.06 bits per heavy atom. The van der Waals surface area contributed by atoms with Crippen LogP contribution >= 0.6 is 0 Å². The van der Waals surface area contributed by atoms with E-state index in [-0.39, 0.29) is 23.9 Å². The summed E-state index contributed by atoms with van der Waals surface area (Å²) in [4.78, 5) is 14.8. The van der Waals surface area contributed by atoms with Crippen molar-refractivity contribution in [3.63, 3.8) is 0 Å². The summed E-state index contributed by atoms with van der Waals surface area (Å²) in [6.45, 7) is 9.89. The van der Waals surface area contributed by atoms with Gasteiger partial charge in [0.05, 0.1) is 28.3 Å². The smallest absolute Gasteiger partial charge is 0.255 e. The summed E-state index contributed by atoms with van der Waals surface area (Å²) in [7, 11) is -3.57. The lowest BCUT2D eigenvalue weighted by atomic mass is 10.1. The van der Waals surface area contributed by atoms with Gasteiger partial charge in [0.2, 0.25) is 10.0 Å². The zero-order chi connectivity index (χ0) is 23.7. The number of hydrogen-bond acceptors (Lipinski definition) is 5. The van der Waals surface area contributed by atoms with Gasteiger partial charge in [-0.15, -0.1) is 0 Å². The van der Waals surface area contributed by atoms with Crippen LogP contribution in [0, 0.1) is 5.82 Å². The van der Waals surface area contributed by atoms with E-state index in [1.54, 1.807) is 26.8 Å². The average Bonchev–Trinajstić information content (AvgIpc) is 2.68. The van der Waals surface area contributed by atoms with Crippen LogP contribution in [0.15, 0.2) is 42.5 Å². The highest BCUT2D eigenvalue weighted by Crippen LogP contribution is 2.30. The number of amides is 1. The Morgan fingerprint density at radius 3 is 2.22 bits per heavy atom. The van der Waals surface area contributed by atoms with Crippen LogP contribution in [0.4, 0.5) is 21.5 Å². The van der Waals surface area contributed by atoms with Gasteiger partial charge in [-0.2, -0.15) is 0 Å². The Balaban J connectivity index is 1.78. The molecule has 0 saturated carbocycles. The van der Waals surface area contributed by atoms with Crippen LogP contribution in [-0.2, 0) is 14.8 Å². The third-order valence-corrected chi connectivity index (χ3v) is 7.29. The molecule has 1 saturated heterocycles. The van der Waals surface area contributed by atoms with Crippen LogP contribution in [0.25, 0.3) is 0 Å². The van der Waals surface area contributed by atoms with Gasteiger partial charge >= 0.3 is 0 Å². The summed E-state index contributed by atoms with van der Waals surface area (Å²) in [5.74, 6) is -0.766. The van der Waals surface area contributed by atoms with E-state index < -0.39 is 14.8 Å². The van der Waals surface area contributed by atoms with Crippen LogP contribution in [0.3, 0.4) is 0 Å². The van der Waals surface area contributed by atoms with Crippen molar-refractivity contribution in [1.82, 2.24) is 0 Å². The Bertz CT molecular complexity index is 1070. The van der Waals surface area contributed by atoms with E-state index in [0.717, 1.165) is 0 Å². The van der Waals surface area contributed by atoms with Gasteiger partial charge in [-0.3, -0.25) is 9.52 Å². The molecule has 174 valence electrons. The minimum absolute atomic E-state index is 0.0185. The molecule has 0 aromatic heterocycles. The predicted octanol–water partition coefficient (Wildman–Crippen LogP) is 4.23. The van der Waals surface area contributed by atoms with Crippen LogP contribution < -0.4 is 14.9 Å². The molecule has 2 N–H and O–H groups in total. The number of halogens is 1. The fourth-order valence-corrected chi connectivity index (χ4v) is 4.19. The molecule has 0 aliphatic carbocycles. The fraction of sp³-hybridized carbons (Fsp3) is 0.435. The van der Waals surface area contributed by atoms with Gasteiger partial charge in [-0.25, -0.2) is 12.8 Å². The number of nitrogens with zero attached hydrogens (tertiary/aromatic N) is 1. The van der Waals surface area contributed by atoms with E-state index in [1.807, 2.05) is 18.7 Å². The highest BCUT2D eigenvalue weighted by molar-refractivity contribution is 7.94. The van der Waals surface area contributed by atoms with Gasteiger partial charge < -0.3 is 15.0 Å². The van der Waals surface area contributed by atoms with Gasteiger partial charge in [-0.05, 0) is 77.1 Å². The van der Waals surface area contributed by atoms with E-state index in [2.05, 4.69) is 10.0 Å². The van der Waals surface area contributed by atoms with Crippen LogP contribution in [0.1, 0.15) is 45.0 Å². The van der Waals surface area contributed by atoms with E-state index in [9.17, 15) is 17.6 Å². The molecule has 9 heteroatoms. The lowest BCUT2D eigenvalue weighted by Gasteiger charge is -2.37. The SMILES string of the molecule is CC1CN(c2cc(F)ccc2NC(=O)c2ccc(NS(=O)(=O)C(C)(C)C)cc2)CC(C)O1. The summed E-state index contributed by atoms with van der Waals surface area (Å²) >= 11 is 0. The Labute approximate surface area is 189 Å². The third-order valence-electron chi connectivity index (χ3n) is 5.17. The summed E-state index contributed by atoms with van der Waals surface area (Å²) in [5.41, 5.74) is 1.81. The molecule has 0 spiro atoms. The maximum Gasteiger partial charge on any atom is 0.255 e. The number of hydrogen-bond donors (Lipinski definition) is 2. The first-order chi connectivity index (χ1) is 14.9. The average molecular weight is 464 g/mol. The van der Waals surface area contributed by atoms with Gasteiger partial charge in [0.25, 0.3) is 5.91 Å². The molecule has 0 bridgehead atoms. The van der Waals surface area contributed by atoms with Crippen molar-refractivity contribution >= 4 is 33.0 Å². The van der Waals surface area contributed by atoms with Crippen LogP contribution in [0.2, 0.25) is 0 Å². The molecule has 2 aromatic rings. The molecule has 1 aliphatic heterocycles. The van der Waals surface area contributed by atoms with Gasteiger partial charge in [-0.1, -0.05) is 0 Å². The molecule has 1 aliphatic rings. The molecule has 2 aromatic carbocycles. The molecule has 2 unspecified atom stereocenters. The van der Waals surface area contributed by atoms with Crippen molar-refractivity contribution in [3.05, 3.63) is 53.8 Å². The van der Waals surface area contributed by atoms with Gasteiger partial charge in [0.1, 0.15) is 5.82 Å². The zero-order valence-electron chi connectivity index (χ0n) is 19.0. The first-order valence-corrected chi connectivity index (χ1v) is 12.0.